The van der Waals surface area contributed by atoms with Crippen LogP contribution in [0, 0.1) is 5.92 Å². The summed E-state index contributed by atoms with van der Waals surface area (Å²) in [5.41, 5.74) is 1.35. The molecule has 2 rings (SSSR count). The maximum absolute atomic E-state index is 11.4. The third-order valence-electron chi connectivity index (χ3n) is 3.24. The molecule has 0 amide bonds. The van der Waals surface area contributed by atoms with Gasteiger partial charge in [-0.3, -0.25) is 4.79 Å². The molecular formula is C13H16O2. The van der Waals surface area contributed by atoms with Gasteiger partial charge in [-0.2, -0.15) is 0 Å². The van der Waals surface area contributed by atoms with Gasteiger partial charge in [0.25, 0.3) is 0 Å². The van der Waals surface area contributed by atoms with Gasteiger partial charge < -0.3 is 4.74 Å². The standard InChI is InChI=1S/C13H16O2/c1-15-13(14)12-8-7-11(9-12)10-5-3-2-4-6-10/h2-6,11-12H,7-9H2,1H3. The molecule has 1 aliphatic rings. The smallest absolute Gasteiger partial charge is 0.308 e. The van der Waals surface area contributed by atoms with E-state index in [1.165, 1.54) is 12.7 Å². The van der Waals surface area contributed by atoms with Crippen LogP contribution < -0.4 is 0 Å². The van der Waals surface area contributed by atoms with Crippen molar-refractivity contribution in [1.82, 2.24) is 0 Å². The van der Waals surface area contributed by atoms with Crippen molar-refractivity contribution in [1.29, 1.82) is 0 Å². The van der Waals surface area contributed by atoms with Crippen LogP contribution in [0.5, 0.6) is 0 Å². The molecule has 15 heavy (non-hydrogen) atoms. The predicted molar refractivity (Wildman–Crippen MR) is 58.5 cm³/mol. The van der Waals surface area contributed by atoms with Crippen molar-refractivity contribution in [3.05, 3.63) is 35.9 Å². The van der Waals surface area contributed by atoms with Gasteiger partial charge in [0.05, 0.1) is 13.0 Å². The molecule has 1 aliphatic carbocycles. The predicted octanol–water partition coefficient (Wildman–Crippen LogP) is 2.74. The summed E-state index contributed by atoms with van der Waals surface area (Å²) in [6.07, 6.45) is 3.01. The zero-order valence-corrected chi connectivity index (χ0v) is 8.98. The first-order valence-corrected chi connectivity index (χ1v) is 5.44. The number of ether oxygens (including phenoxy) is 1. The molecule has 0 aliphatic heterocycles. The van der Waals surface area contributed by atoms with E-state index >= 15 is 0 Å². The van der Waals surface area contributed by atoms with Crippen LogP contribution in [0.1, 0.15) is 30.7 Å². The first-order chi connectivity index (χ1) is 7.31. The van der Waals surface area contributed by atoms with E-state index in [4.69, 9.17) is 4.74 Å². The highest BCUT2D eigenvalue weighted by Crippen LogP contribution is 2.38. The van der Waals surface area contributed by atoms with Crippen molar-refractivity contribution in [3.8, 4) is 0 Å². The SMILES string of the molecule is COC(=O)C1CCC(c2ccccc2)C1. The van der Waals surface area contributed by atoms with Crippen LogP contribution in [0.15, 0.2) is 30.3 Å². The molecule has 0 N–H and O–H groups in total. The summed E-state index contributed by atoms with van der Waals surface area (Å²) in [7, 11) is 1.47. The number of hydrogen-bond acceptors (Lipinski definition) is 2. The minimum atomic E-state index is -0.0477. The molecule has 1 fully saturated rings. The van der Waals surface area contributed by atoms with Crippen molar-refractivity contribution in [2.24, 2.45) is 5.92 Å². The molecule has 0 radical (unpaired) electrons. The minimum absolute atomic E-state index is 0.0477. The average molecular weight is 204 g/mol. The average Bonchev–Trinajstić information content (AvgIpc) is 2.78. The van der Waals surface area contributed by atoms with Crippen molar-refractivity contribution < 1.29 is 9.53 Å². The number of carbonyl (C=O) groups excluding carboxylic acids is 1. The summed E-state index contributed by atoms with van der Waals surface area (Å²) in [6.45, 7) is 0. The van der Waals surface area contributed by atoms with Crippen LogP contribution in [0.4, 0.5) is 0 Å². The van der Waals surface area contributed by atoms with Crippen LogP contribution >= 0.6 is 0 Å². The largest absolute Gasteiger partial charge is 0.469 e. The minimum Gasteiger partial charge on any atom is -0.469 e. The molecular weight excluding hydrogens is 188 g/mol. The lowest BCUT2D eigenvalue weighted by Crippen LogP contribution is -2.12. The lowest BCUT2D eigenvalue weighted by Gasteiger charge is -2.10. The molecule has 2 atom stereocenters. The van der Waals surface area contributed by atoms with Crippen molar-refractivity contribution in [2.75, 3.05) is 7.11 Å². The summed E-state index contributed by atoms with van der Waals surface area (Å²) in [5, 5.41) is 0. The Morgan fingerprint density at radius 1 is 1.27 bits per heavy atom. The first kappa shape index (κ1) is 10.2. The van der Waals surface area contributed by atoms with E-state index < -0.39 is 0 Å². The topological polar surface area (TPSA) is 26.3 Å². The molecule has 1 aromatic rings. The third kappa shape index (κ3) is 2.20. The maximum Gasteiger partial charge on any atom is 0.308 e. The van der Waals surface area contributed by atoms with Gasteiger partial charge in [0, 0.05) is 0 Å². The van der Waals surface area contributed by atoms with Crippen molar-refractivity contribution in [2.45, 2.75) is 25.2 Å². The second-order valence-electron chi connectivity index (χ2n) is 4.14. The van der Waals surface area contributed by atoms with E-state index in [-0.39, 0.29) is 11.9 Å². The van der Waals surface area contributed by atoms with Crippen LogP contribution in [0.25, 0.3) is 0 Å². The molecule has 80 valence electrons. The van der Waals surface area contributed by atoms with Gasteiger partial charge in [-0.05, 0) is 30.7 Å². The molecule has 1 saturated carbocycles. The highest BCUT2D eigenvalue weighted by molar-refractivity contribution is 5.72. The summed E-state index contributed by atoms with van der Waals surface area (Å²) in [5.74, 6) is 0.601. The second kappa shape index (κ2) is 4.47. The van der Waals surface area contributed by atoms with Gasteiger partial charge in [-0.15, -0.1) is 0 Å². The molecule has 0 saturated heterocycles. The molecule has 2 heteroatoms. The van der Waals surface area contributed by atoms with Crippen molar-refractivity contribution in [3.63, 3.8) is 0 Å². The van der Waals surface area contributed by atoms with Gasteiger partial charge in [0.15, 0.2) is 0 Å². The fourth-order valence-electron chi connectivity index (χ4n) is 2.39. The zero-order valence-electron chi connectivity index (χ0n) is 8.98. The normalized spacial score (nSPS) is 25.1. The fraction of sp³-hybridized carbons (Fsp3) is 0.462. The van der Waals surface area contributed by atoms with Crippen LogP contribution in [0.2, 0.25) is 0 Å². The van der Waals surface area contributed by atoms with Gasteiger partial charge in [-0.25, -0.2) is 0 Å². The number of benzene rings is 1. The number of methoxy groups -OCH3 is 1. The Labute approximate surface area is 90.3 Å². The van der Waals surface area contributed by atoms with E-state index in [0.29, 0.717) is 5.92 Å². The molecule has 1 aromatic carbocycles. The fourth-order valence-corrected chi connectivity index (χ4v) is 2.39. The Bertz CT molecular complexity index is 332. The Balaban J connectivity index is 2.02. The summed E-state index contributed by atoms with van der Waals surface area (Å²) >= 11 is 0. The molecule has 0 heterocycles. The number of hydrogen-bond donors (Lipinski definition) is 0. The zero-order chi connectivity index (χ0) is 10.7. The Morgan fingerprint density at radius 2 is 2.00 bits per heavy atom. The highest BCUT2D eigenvalue weighted by Gasteiger charge is 2.31. The maximum atomic E-state index is 11.4. The van der Waals surface area contributed by atoms with Crippen LogP contribution in [-0.4, -0.2) is 13.1 Å². The lowest BCUT2D eigenvalue weighted by atomic mass is 9.96. The number of esters is 1. The number of carbonyl (C=O) groups is 1. The van der Waals surface area contributed by atoms with Crippen LogP contribution in [0.3, 0.4) is 0 Å². The van der Waals surface area contributed by atoms with Gasteiger partial charge in [0.1, 0.15) is 0 Å². The van der Waals surface area contributed by atoms with Crippen molar-refractivity contribution >= 4 is 5.97 Å². The Hall–Kier alpha value is -1.31. The quantitative estimate of drug-likeness (QED) is 0.692. The third-order valence-corrected chi connectivity index (χ3v) is 3.24. The second-order valence-corrected chi connectivity index (χ2v) is 4.14. The Kier molecular flexibility index (Phi) is 3.05. The Morgan fingerprint density at radius 3 is 2.67 bits per heavy atom. The molecule has 0 spiro atoms. The highest BCUT2D eigenvalue weighted by atomic mass is 16.5. The summed E-state index contributed by atoms with van der Waals surface area (Å²) in [4.78, 5) is 11.4. The van der Waals surface area contributed by atoms with E-state index in [1.54, 1.807) is 0 Å². The van der Waals surface area contributed by atoms with Crippen LogP contribution in [-0.2, 0) is 9.53 Å². The lowest BCUT2D eigenvalue weighted by molar-refractivity contribution is -0.145. The monoisotopic (exact) mass is 204 g/mol. The van der Waals surface area contributed by atoms with Gasteiger partial charge in [-0.1, -0.05) is 30.3 Å². The summed E-state index contributed by atoms with van der Waals surface area (Å²) < 4.78 is 4.78. The number of rotatable bonds is 2. The van der Waals surface area contributed by atoms with Gasteiger partial charge >= 0.3 is 5.97 Å². The van der Waals surface area contributed by atoms with E-state index in [0.717, 1.165) is 19.3 Å². The van der Waals surface area contributed by atoms with E-state index in [1.807, 2.05) is 6.07 Å². The molecule has 0 aromatic heterocycles. The van der Waals surface area contributed by atoms with E-state index in [2.05, 4.69) is 24.3 Å². The molecule has 2 nitrogen and oxygen atoms in total. The summed E-state index contributed by atoms with van der Waals surface area (Å²) in [6, 6.07) is 10.4. The van der Waals surface area contributed by atoms with E-state index in [9.17, 15) is 4.79 Å². The molecule has 2 unspecified atom stereocenters. The van der Waals surface area contributed by atoms with Gasteiger partial charge in [0.2, 0.25) is 0 Å². The first-order valence-electron chi connectivity index (χ1n) is 5.44. The molecule has 0 bridgehead atoms.